The van der Waals surface area contributed by atoms with Crippen molar-refractivity contribution in [3.63, 3.8) is 0 Å². The van der Waals surface area contributed by atoms with E-state index in [1.807, 2.05) is 41.4 Å². The van der Waals surface area contributed by atoms with Crippen LogP contribution in [-0.4, -0.2) is 67.0 Å². The summed E-state index contributed by atoms with van der Waals surface area (Å²) < 4.78 is 2.08. The number of nitrogens with one attached hydrogen (secondary N) is 1. The van der Waals surface area contributed by atoms with Gasteiger partial charge >= 0.3 is 6.03 Å². The van der Waals surface area contributed by atoms with Crippen molar-refractivity contribution >= 4 is 23.4 Å². The molecular weight excluding hydrogens is 448 g/mol. The number of aromatic nitrogens is 3. The van der Waals surface area contributed by atoms with E-state index in [4.69, 9.17) is 16.6 Å². The molecule has 180 valence electrons. The summed E-state index contributed by atoms with van der Waals surface area (Å²) in [6.45, 7) is 10.0. The number of rotatable bonds is 5. The SMILES string of the molecule is CC(C)N(C(=O)N1C2CCC1(Cc1c(-c3ccc(Cl)cc3)nc3ncccn13)CNC2)C(C)C. The van der Waals surface area contributed by atoms with E-state index in [1.165, 1.54) is 0 Å². The second-order valence-electron chi connectivity index (χ2n) is 10.2. The molecule has 2 atom stereocenters. The Morgan fingerprint density at radius 1 is 1.24 bits per heavy atom. The topological polar surface area (TPSA) is 65.8 Å². The lowest BCUT2D eigenvalue weighted by molar-refractivity contribution is 0.0548. The monoisotopic (exact) mass is 480 g/mol. The second kappa shape index (κ2) is 8.86. The Morgan fingerprint density at radius 3 is 2.68 bits per heavy atom. The summed E-state index contributed by atoms with van der Waals surface area (Å²) >= 11 is 6.16. The van der Waals surface area contributed by atoms with E-state index in [0.29, 0.717) is 17.2 Å². The number of hydrogen-bond donors (Lipinski definition) is 1. The number of fused-ring (bicyclic) bond motifs is 3. The van der Waals surface area contributed by atoms with Crippen LogP contribution in [0.3, 0.4) is 0 Å². The summed E-state index contributed by atoms with van der Waals surface area (Å²) in [4.78, 5) is 27.6. The van der Waals surface area contributed by atoms with Crippen LogP contribution in [0.15, 0.2) is 42.7 Å². The lowest BCUT2D eigenvalue weighted by Crippen LogP contribution is -2.66. The minimum absolute atomic E-state index is 0.142. The summed E-state index contributed by atoms with van der Waals surface area (Å²) in [6.07, 6.45) is 6.46. The molecule has 2 amide bonds. The molecule has 0 spiro atoms. The highest BCUT2D eigenvalue weighted by atomic mass is 35.5. The molecule has 4 heterocycles. The molecule has 8 heteroatoms. The molecule has 2 aliphatic rings. The number of nitrogens with zero attached hydrogens (tertiary/aromatic N) is 5. The van der Waals surface area contributed by atoms with Crippen molar-refractivity contribution < 1.29 is 4.79 Å². The van der Waals surface area contributed by atoms with Crippen molar-refractivity contribution in [2.24, 2.45) is 0 Å². The van der Waals surface area contributed by atoms with Crippen LogP contribution in [0.4, 0.5) is 4.79 Å². The first kappa shape index (κ1) is 23.1. The number of halogens is 1. The van der Waals surface area contributed by atoms with Gasteiger partial charge in [0, 0.05) is 60.6 Å². The predicted molar refractivity (Wildman–Crippen MR) is 135 cm³/mol. The van der Waals surface area contributed by atoms with Gasteiger partial charge in [-0.15, -0.1) is 0 Å². The molecule has 2 aliphatic heterocycles. The van der Waals surface area contributed by atoms with Crippen LogP contribution in [0.5, 0.6) is 0 Å². The summed E-state index contributed by atoms with van der Waals surface area (Å²) in [5.41, 5.74) is 2.67. The van der Waals surface area contributed by atoms with Crippen LogP contribution in [0.2, 0.25) is 5.02 Å². The van der Waals surface area contributed by atoms with Crippen molar-refractivity contribution in [2.45, 2.75) is 70.6 Å². The molecule has 2 fully saturated rings. The fraction of sp³-hybridized carbons (Fsp3) is 0.500. The first-order valence-electron chi connectivity index (χ1n) is 12.2. The molecule has 34 heavy (non-hydrogen) atoms. The maximum Gasteiger partial charge on any atom is 0.321 e. The van der Waals surface area contributed by atoms with E-state index in [9.17, 15) is 4.79 Å². The number of carbonyl (C=O) groups is 1. The zero-order valence-electron chi connectivity index (χ0n) is 20.3. The minimum Gasteiger partial charge on any atom is -0.320 e. The average Bonchev–Trinajstić information content (AvgIpc) is 3.26. The Hall–Kier alpha value is -2.64. The lowest BCUT2D eigenvalue weighted by Gasteiger charge is -2.48. The van der Waals surface area contributed by atoms with Crippen molar-refractivity contribution in [3.05, 3.63) is 53.4 Å². The molecule has 0 saturated carbocycles. The molecular formula is C26H33ClN6O. The number of imidazole rings is 1. The maximum absolute atomic E-state index is 14.0. The van der Waals surface area contributed by atoms with Gasteiger partial charge in [-0.05, 0) is 58.7 Å². The van der Waals surface area contributed by atoms with Gasteiger partial charge in [-0.1, -0.05) is 23.7 Å². The van der Waals surface area contributed by atoms with Gasteiger partial charge in [0.15, 0.2) is 0 Å². The van der Waals surface area contributed by atoms with Gasteiger partial charge in [0.2, 0.25) is 5.78 Å². The molecule has 3 aromatic rings. The highest BCUT2D eigenvalue weighted by Gasteiger charge is 2.53. The van der Waals surface area contributed by atoms with Gasteiger partial charge in [0.1, 0.15) is 0 Å². The molecule has 2 aromatic heterocycles. The fourth-order valence-corrected chi connectivity index (χ4v) is 6.05. The lowest BCUT2D eigenvalue weighted by atomic mass is 9.88. The fourth-order valence-electron chi connectivity index (χ4n) is 5.92. The maximum atomic E-state index is 14.0. The van der Waals surface area contributed by atoms with Gasteiger partial charge in [-0.25, -0.2) is 14.8 Å². The van der Waals surface area contributed by atoms with E-state index in [0.717, 1.165) is 42.9 Å². The van der Waals surface area contributed by atoms with Crippen molar-refractivity contribution in [1.82, 2.24) is 29.5 Å². The average molecular weight is 481 g/mol. The third-order valence-electron chi connectivity index (χ3n) is 7.31. The molecule has 2 saturated heterocycles. The van der Waals surface area contributed by atoms with Crippen LogP contribution < -0.4 is 5.32 Å². The molecule has 5 rings (SSSR count). The van der Waals surface area contributed by atoms with Crippen LogP contribution in [0, 0.1) is 0 Å². The van der Waals surface area contributed by atoms with Gasteiger partial charge in [-0.2, -0.15) is 0 Å². The first-order valence-corrected chi connectivity index (χ1v) is 12.6. The molecule has 0 radical (unpaired) electrons. The zero-order chi connectivity index (χ0) is 24.0. The Labute approximate surface area is 206 Å². The van der Waals surface area contributed by atoms with Crippen LogP contribution in [0.1, 0.15) is 46.2 Å². The van der Waals surface area contributed by atoms with Gasteiger partial charge in [0.25, 0.3) is 0 Å². The van der Waals surface area contributed by atoms with Crippen molar-refractivity contribution in [1.29, 1.82) is 0 Å². The van der Waals surface area contributed by atoms with E-state index in [1.54, 1.807) is 6.20 Å². The van der Waals surface area contributed by atoms with Crippen LogP contribution in [-0.2, 0) is 6.42 Å². The predicted octanol–water partition coefficient (Wildman–Crippen LogP) is 4.64. The third-order valence-corrected chi connectivity index (χ3v) is 7.56. The quantitative estimate of drug-likeness (QED) is 0.577. The number of carbonyl (C=O) groups excluding carboxylic acids is 1. The normalized spacial score (nSPS) is 22.2. The van der Waals surface area contributed by atoms with Crippen LogP contribution in [0.25, 0.3) is 17.0 Å². The highest BCUT2D eigenvalue weighted by molar-refractivity contribution is 6.30. The number of benzene rings is 1. The Bertz CT molecular complexity index is 1180. The second-order valence-corrected chi connectivity index (χ2v) is 10.6. The highest BCUT2D eigenvalue weighted by Crippen LogP contribution is 2.41. The summed E-state index contributed by atoms with van der Waals surface area (Å²) in [5, 5.41) is 4.32. The number of hydrogen-bond acceptors (Lipinski definition) is 4. The summed E-state index contributed by atoms with van der Waals surface area (Å²) in [6, 6.07) is 10.4. The van der Waals surface area contributed by atoms with E-state index in [2.05, 4.69) is 47.3 Å². The Kier molecular flexibility index (Phi) is 6.02. The van der Waals surface area contributed by atoms with Gasteiger partial charge < -0.3 is 15.1 Å². The molecule has 1 N–H and O–H groups in total. The Balaban J connectivity index is 1.60. The molecule has 1 aromatic carbocycles. The molecule has 2 unspecified atom stereocenters. The number of piperazine rings is 1. The van der Waals surface area contributed by atoms with Gasteiger partial charge in [-0.3, -0.25) is 4.40 Å². The van der Waals surface area contributed by atoms with Crippen molar-refractivity contribution in [2.75, 3.05) is 13.1 Å². The van der Waals surface area contributed by atoms with E-state index < -0.39 is 0 Å². The standard InChI is InChI=1S/C26H33ClN6O/c1-17(2)32(18(3)4)25(34)33-21-10-11-26(33,16-28-15-21)14-22-23(19-6-8-20(27)9-7-19)30-24-29-12-5-13-31(22)24/h5-9,12-13,17-18,21,28H,10-11,14-16H2,1-4H3. The molecule has 2 bridgehead atoms. The number of urea groups is 1. The Morgan fingerprint density at radius 2 is 1.97 bits per heavy atom. The van der Waals surface area contributed by atoms with E-state index in [-0.39, 0.29) is 29.7 Å². The van der Waals surface area contributed by atoms with Crippen molar-refractivity contribution in [3.8, 4) is 11.3 Å². The largest absolute Gasteiger partial charge is 0.321 e. The van der Waals surface area contributed by atoms with Gasteiger partial charge in [0.05, 0.1) is 16.9 Å². The zero-order valence-corrected chi connectivity index (χ0v) is 21.1. The summed E-state index contributed by atoms with van der Waals surface area (Å²) in [7, 11) is 0. The number of amides is 2. The van der Waals surface area contributed by atoms with E-state index >= 15 is 0 Å². The molecule has 0 aliphatic carbocycles. The minimum atomic E-state index is -0.311. The van der Waals surface area contributed by atoms with Crippen LogP contribution >= 0.6 is 11.6 Å². The smallest absolute Gasteiger partial charge is 0.320 e. The molecule has 7 nitrogen and oxygen atoms in total. The first-order chi connectivity index (χ1) is 16.3. The third kappa shape index (κ3) is 3.85. The summed E-state index contributed by atoms with van der Waals surface area (Å²) in [5.74, 6) is 0.668.